The fraction of sp³-hybridized carbons (Fsp3) is 0.645. The fourth-order valence-corrected chi connectivity index (χ4v) is 6.21. The highest BCUT2D eigenvalue weighted by atomic mass is 16.5. The number of carbonyl (C=O) groups excluding carboxylic acids is 2. The lowest BCUT2D eigenvalue weighted by Gasteiger charge is -2.36. The third-order valence-corrected chi connectivity index (χ3v) is 8.39. The average molecular weight is 521 g/mol. The Labute approximate surface area is 228 Å². The predicted octanol–water partition coefficient (Wildman–Crippen LogP) is 3.78. The number of rotatable bonds is 9. The highest BCUT2D eigenvalue weighted by Crippen LogP contribution is 2.32. The molecule has 3 aliphatic heterocycles. The molecule has 0 aliphatic carbocycles. The molecule has 0 aromatic heterocycles. The van der Waals surface area contributed by atoms with Gasteiger partial charge < -0.3 is 19.3 Å². The summed E-state index contributed by atoms with van der Waals surface area (Å²) < 4.78 is 5.45. The molecule has 1 atom stereocenters. The number of morpholine rings is 1. The van der Waals surface area contributed by atoms with Crippen molar-refractivity contribution in [1.29, 1.82) is 5.26 Å². The van der Waals surface area contributed by atoms with Crippen LogP contribution >= 0.6 is 0 Å². The molecule has 0 bridgehead atoms. The number of hydrogen-bond acceptors (Lipinski definition) is 6. The summed E-state index contributed by atoms with van der Waals surface area (Å²) >= 11 is 0. The second kappa shape index (κ2) is 13.0. The van der Waals surface area contributed by atoms with Gasteiger partial charge in [0.05, 0.1) is 19.3 Å². The maximum atomic E-state index is 13.5. The normalized spacial score (nSPS) is 22.1. The van der Waals surface area contributed by atoms with Gasteiger partial charge in [-0.1, -0.05) is 38.1 Å². The number of aryl methyl sites for hydroxylation is 1. The van der Waals surface area contributed by atoms with Crippen LogP contribution in [0.1, 0.15) is 62.8 Å². The van der Waals surface area contributed by atoms with Crippen molar-refractivity contribution >= 4 is 12.2 Å². The minimum atomic E-state index is -0.283. The molecule has 2 fully saturated rings. The Balaban J connectivity index is 1.34. The summed E-state index contributed by atoms with van der Waals surface area (Å²) in [5.41, 5.74) is 3.82. The second-order valence-corrected chi connectivity index (χ2v) is 11.9. The maximum absolute atomic E-state index is 13.5. The first-order chi connectivity index (χ1) is 18.3. The van der Waals surface area contributed by atoms with E-state index in [-0.39, 0.29) is 28.9 Å². The first-order valence-corrected chi connectivity index (χ1v) is 14.3. The van der Waals surface area contributed by atoms with Crippen LogP contribution in [-0.4, -0.2) is 85.9 Å². The predicted molar refractivity (Wildman–Crippen MR) is 149 cm³/mol. The Kier molecular flexibility index (Phi) is 9.75. The Bertz CT molecular complexity index is 1050. The van der Waals surface area contributed by atoms with Crippen molar-refractivity contribution in [2.24, 2.45) is 11.3 Å². The number of aldehydes is 1. The Hall–Kier alpha value is -2.53. The molecule has 2 saturated heterocycles. The van der Waals surface area contributed by atoms with Gasteiger partial charge >= 0.3 is 0 Å². The molecule has 0 N–H and O–H groups in total. The lowest BCUT2D eigenvalue weighted by molar-refractivity contribution is -0.129. The van der Waals surface area contributed by atoms with Crippen LogP contribution in [0.5, 0.6) is 0 Å². The van der Waals surface area contributed by atoms with Gasteiger partial charge in [-0.25, -0.2) is 0 Å². The molecule has 4 rings (SSSR count). The molecule has 38 heavy (non-hydrogen) atoms. The van der Waals surface area contributed by atoms with E-state index in [0.29, 0.717) is 6.54 Å². The van der Waals surface area contributed by atoms with E-state index in [9.17, 15) is 14.9 Å². The van der Waals surface area contributed by atoms with Gasteiger partial charge in [0.15, 0.2) is 0 Å². The summed E-state index contributed by atoms with van der Waals surface area (Å²) in [4.78, 5) is 31.2. The van der Waals surface area contributed by atoms with Gasteiger partial charge in [0.2, 0.25) is 0 Å². The molecule has 7 nitrogen and oxygen atoms in total. The molecule has 0 spiro atoms. The van der Waals surface area contributed by atoms with Crippen LogP contribution in [0.25, 0.3) is 0 Å². The molecule has 1 amide bonds. The third-order valence-electron chi connectivity index (χ3n) is 8.39. The van der Waals surface area contributed by atoms with E-state index < -0.39 is 0 Å². The first kappa shape index (κ1) is 28.5. The largest absolute Gasteiger partial charge is 0.379 e. The van der Waals surface area contributed by atoms with Crippen molar-refractivity contribution in [1.82, 2.24) is 14.7 Å². The zero-order chi connectivity index (χ0) is 27.1. The van der Waals surface area contributed by atoms with Gasteiger partial charge in [0.25, 0.3) is 5.91 Å². The summed E-state index contributed by atoms with van der Waals surface area (Å²) in [5.74, 6) is 0.0878. The van der Waals surface area contributed by atoms with Crippen molar-refractivity contribution in [3.8, 4) is 6.07 Å². The summed E-state index contributed by atoms with van der Waals surface area (Å²) in [7, 11) is 0. The van der Waals surface area contributed by atoms with Gasteiger partial charge in [-0.2, -0.15) is 5.26 Å². The second-order valence-electron chi connectivity index (χ2n) is 11.9. The average Bonchev–Trinajstić information content (AvgIpc) is 2.92. The quantitative estimate of drug-likeness (QED) is 0.280. The molecule has 0 radical (unpaired) electrons. The van der Waals surface area contributed by atoms with E-state index in [0.717, 1.165) is 90.9 Å². The summed E-state index contributed by atoms with van der Waals surface area (Å²) in [6, 6.07) is 8.85. The number of nitrogens with zero attached hydrogens (tertiary/aromatic N) is 4. The van der Waals surface area contributed by atoms with E-state index in [1.807, 2.05) is 11.0 Å². The SMILES string of the molecule is CC1c2ccc(CCCN3CCC(C=O)CC3)cc2CCN1C(=O)/C(C#N)=C/C(C)(C)CN1CCOCC1. The Morgan fingerprint density at radius 3 is 2.55 bits per heavy atom. The molecule has 206 valence electrons. The number of hydrogen-bond donors (Lipinski definition) is 0. The third kappa shape index (κ3) is 7.31. The van der Waals surface area contributed by atoms with Crippen LogP contribution in [0.2, 0.25) is 0 Å². The van der Waals surface area contributed by atoms with Crippen molar-refractivity contribution in [3.05, 3.63) is 46.5 Å². The Morgan fingerprint density at radius 1 is 1.13 bits per heavy atom. The van der Waals surface area contributed by atoms with Crippen molar-refractivity contribution in [2.45, 2.75) is 58.9 Å². The molecule has 1 aromatic carbocycles. The van der Waals surface area contributed by atoms with Gasteiger partial charge in [-0.05, 0) is 80.8 Å². The zero-order valence-corrected chi connectivity index (χ0v) is 23.5. The smallest absolute Gasteiger partial charge is 0.264 e. The van der Waals surface area contributed by atoms with Gasteiger partial charge in [0, 0.05) is 32.1 Å². The number of likely N-dealkylation sites (tertiary alicyclic amines) is 1. The standard InChI is InChI=1S/C31H44N4O3/c1-24-29-7-6-25(5-4-11-33-12-8-26(22-36)9-13-33)19-27(29)10-14-35(24)30(37)28(21-32)20-31(2,3)23-34-15-17-38-18-16-34/h6-7,19-20,22,24,26H,4-5,8-18,23H2,1-3H3/b28-20+. The van der Waals surface area contributed by atoms with E-state index in [1.165, 1.54) is 16.7 Å². The van der Waals surface area contributed by atoms with Crippen LogP contribution in [0, 0.1) is 22.7 Å². The zero-order valence-electron chi connectivity index (χ0n) is 23.5. The van der Waals surface area contributed by atoms with Crippen molar-refractivity contribution in [3.63, 3.8) is 0 Å². The maximum Gasteiger partial charge on any atom is 0.264 e. The van der Waals surface area contributed by atoms with Gasteiger partial charge in [-0.15, -0.1) is 0 Å². The number of piperidine rings is 1. The van der Waals surface area contributed by atoms with E-state index in [1.54, 1.807) is 0 Å². The number of nitriles is 1. The topological polar surface area (TPSA) is 76.9 Å². The molecule has 1 unspecified atom stereocenters. The number of carbonyl (C=O) groups is 2. The van der Waals surface area contributed by atoms with Crippen molar-refractivity contribution in [2.75, 3.05) is 59.0 Å². The molecular formula is C31H44N4O3. The Morgan fingerprint density at radius 2 is 1.87 bits per heavy atom. The van der Waals surface area contributed by atoms with Gasteiger partial charge in [0.1, 0.15) is 17.9 Å². The highest BCUT2D eigenvalue weighted by Gasteiger charge is 2.31. The summed E-state index contributed by atoms with van der Waals surface area (Å²) in [5, 5.41) is 9.90. The molecule has 1 aromatic rings. The monoisotopic (exact) mass is 520 g/mol. The molecule has 0 saturated carbocycles. The lowest BCUT2D eigenvalue weighted by Crippen LogP contribution is -2.42. The number of ether oxygens (including phenoxy) is 1. The van der Waals surface area contributed by atoms with Crippen LogP contribution in [0.3, 0.4) is 0 Å². The van der Waals surface area contributed by atoms with Crippen molar-refractivity contribution < 1.29 is 14.3 Å². The van der Waals surface area contributed by atoms with E-state index in [2.05, 4.69) is 54.8 Å². The fourth-order valence-electron chi connectivity index (χ4n) is 6.21. The highest BCUT2D eigenvalue weighted by molar-refractivity contribution is 5.97. The molecule has 7 heteroatoms. The van der Waals surface area contributed by atoms with Gasteiger partial charge in [-0.3, -0.25) is 9.69 Å². The van der Waals surface area contributed by atoms with Crippen LogP contribution in [-0.2, 0) is 27.2 Å². The van der Waals surface area contributed by atoms with E-state index in [4.69, 9.17) is 4.74 Å². The van der Waals surface area contributed by atoms with Crippen LogP contribution in [0.4, 0.5) is 0 Å². The minimum Gasteiger partial charge on any atom is -0.379 e. The number of fused-ring (bicyclic) bond motifs is 1. The van der Waals surface area contributed by atoms with Crippen LogP contribution in [0.15, 0.2) is 29.8 Å². The van der Waals surface area contributed by atoms with E-state index >= 15 is 0 Å². The first-order valence-electron chi connectivity index (χ1n) is 14.3. The summed E-state index contributed by atoms with van der Waals surface area (Å²) in [6.45, 7) is 14.1. The minimum absolute atomic E-state index is 0.0569. The lowest BCUT2D eigenvalue weighted by atomic mass is 9.88. The molecular weight excluding hydrogens is 476 g/mol. The molecule has 3 heterocycles. The summed E-state index contributed by atoms with van der Waals surface area (Å²) in [6.07, 6.45) is 7.93. The van der Waals surface area contributed by atoms with Crippen LogP contribution < -0.4 is 0 Å². The molecule has 3 aliphatic rings. The number of benzene rings is 1. The number of amides is 1.